The van der Waals surface area contributed by atoms with Crippen molar-refractivity contribution in [3.05, 3.63) is 71.1 Å². The number of nitrogens with zero attached hydrogens (tertiary/aromatic N) is 4. The van der Waals surface area contributed by atoms with Crippen LogP contribution in [-0.4, -0.2) is 78.2 Å². The number of fused-ring (bicyclic) bond motifs is 1. The molecule has 13 nitrogen and oxygen atoms in total. The molecule has 316 valence electrons. The fourth-order valence-corrected chi connectivity index (χ4v) is 11.0. The summed E-state index contributed by atoms with van der Waals surface area (Å²) in [6.45, 7) is 11.8. The van der Waals surface area contributed by atoms with E-state index < -0.39 is 27.3 Å². The summed E-state index contributed by atoms with van der Waals surface area (Å²) < 4.78 is 51.8. The molecule has 2 aliphatic heterocycles. The number of rotatable bonds is 11. The molecule has 8 rings (SSSR count). The highest BCUT2D eigenvalue weighted by molar-refractivity contribution is 7.90. The van der Waals surface area contributed by atoms with Gasteiger partial charge >= 0.3 is 0 Å². The van der Waals surface area contributed by atoms with Crippen LogP contribution >= 0.6 is 0 Å². The maximum atomic E-state index is 16.2. The Labute approximate surface area is 345 Å². The molecule has 1 spiro atoms. The van der Waals surface area contributed by atoms with Crippen LogP contribution in [0, 0.1) is 27.5 Å². The second kappa shape index (κ2) is 15.8. The number of hydrogen-bond acceptors (Lipinski definition) is 11. The van der Waals surface area contributed by atoms with Crippen LogP contribution in [0.1, 0.15) is 102 Å². The Morgan fingerprint density at radius 3 is 2.51 bits per heavy atom. The molecule has 59 heavy (non-hydrogen) atoms. The molecule has 2 saturated carbocycles. The van der Waals surface area contributed by atoms with Gasteiger partial charge in [-0.15, -0.1) is 4.91 Å². The van der Waals surface area contributed by atoms with Gasteiger partial charge in [-0.3, -0.25) is 9.69 Å². The summed E-state index contributed by atoms with van der Waals surface area (Å²) in [4.78, 5) is 37.5. The highest BCUT2D eigenvalue weighted by Crippen LogP contribution is 2.54. The van der Waals surface area contributed by atoms with Gasteiger partial charge in [-0.2, -0.15) is 0 Å². The minimum absolute atomic E-state index is 0.0314. The molecule has 1 unspecified atom stereocenters. The number of likely N-dealkylation sites (tertiary alicyclic amines) is 1. The average molecular weight is 830 g/mol. The van der Waals surface area contributed by atoms with E-state index in [0.29, 0.717) is 55.9 Å². The van der Waals surface area contributed by atoms with Gasteiger partial charge < -0.3 is 25.0 Å². The third-order valence-corrected chi connectivity index (χ3v) is 14.9. The molecule has 4 heterocycles. The summed E-state index contributed by atoms with van der Waals surface area (Å²) >= 11 is 0. The number of hydrogen-bond donors (Lipinski definition) is 4. The predicted octanol–water partition coefficient (Wildman–Crippen LogP) is 8.62. The van der Waals surface area contributed by atoms with Crippen molar-refractivity contribution in [1.82, 2.24) is 19.6 Å². The summed E-state index contributed by atoms with van der Waals surface area (Å²) in [5.41, 5.74) is 0.605. The molecule has 4 fully saturated rings. The van der Waals surface area contributed by atoms with Gasteiger partial charge in [0.2, 0.25) is 0 Å². The smallest absolute Gasteiger partial charge is 0.268 e. The highest BCUT2D eigenvalue weighted by atomic mass is 32.2. The van der Waals surface area contributed by atoms with Gasteiger partial charge in [0.1, 0.15) is 28.7 Å². The van der Waals surface area contributed by atoms with Crippen molar-refractivity contribution in [2.75, 3.05) is 36.4 Å². The molecule has 4 N–H and O–H groups in total. The number of aliphatic hydroxyl groups is 1. The van der Waals surface area contributed by atoms with Crippen molar-refractivity contribution in [2.24, 2.45) is 21.9 Å². The number of sulfonamides is 1. The van der Waals surface area contributed by atoms with Crippen molar-refractivity contribution < 1.29 is 27.4 Å². The summed E-state index contributed by atoms with van der Waals surface area (Å²) in [6.07, 6.45) is 12.8. The van der Waals surface area contributed by atoms with Crippen LogP contribution in [0.5, 0.6) is 11.5 Å². The summed E-state index contributed by atoms with van der Waals surface area (Å²) in [7, 11) is -4.55. The van der Waals surface area contributed by atoms with Crippen LogP contribution in [0.2, 0.25) is 0 Å². The van der Waals surface area contributed by atoms with Crippen molar-refractivity contribution in [1.29, 1.82) is 0 Å². The highest BCUT2D eigenvalue weighted by Gasteiger charge is 2.51. The Morgan fingerprint density at radius 2 is 1.80 bits per heavy atom. The van der Waals surface area contributed by atoms with Crippen molar-refractivity contribution in [3.8, 4) is 11.5 Å². The molecule has 0 bridgehead atoms. The molecular formula is C44H56FN7O6S. The van der Waals surface area contributed by atoms with E-state index in [1.165, 1.54) is 37.2 Å². The Hall–Kier alpha value is -4.60. The number of carbonyl (C=O) groups excluding carboxylic acids is 1. The molecule has 1 amide bonds. The predicted molar refractivity (Wildman–Crippen MR) is 226 cm³/mol. The number of nitrogens with one attached hydrogen (secondary N) is 3. The van der Waals surface area contributed by atoms with Gasteiger partial charge in [0.25, 0.3) is 15.9 Å². The van der Waals surface area contributed by atoms with Gasteiger partial charge in [-0.25, -0.2) is 22.5 Å². The van der Waals surface area contributed by atoms with Crippen LogP contribution in [0.15, 0.2) is 64.9 Å². The molecule has 1 atom stereocenters. The Balaban J connectivity index is 0.989. The van der Waals surface area contributed by atoms with E-state index in [9.17, 15) is 23.2 Å². The van der Waals surface area contributed by atoms with E-state index >= 15 is 4.39 Å². The molecule has 15 heteroatoms. The SMILES string of the molecule is CC1(O)CCC(CNc2ccc(S(=O)(=O)NC(=O)c3cc(F)c(N4CCC5(CC4)CC(N4CCCC4C(C)(C)C)C5)cc3Oc3cnc4[nH]ccc4c3)cc2N=O)CC1. The van der Waals surface area contributed by atoms with Crippen LogP contribution in [-0.2, 0) is 10.0 Å². The first-order chi connectivity index (χ1) is 28.0. The number of H-pyrrole nitrogens is 1. The van der Waals surface area contributed by atoms with Gasteiger partial charge in [0.15, 0.2) is 0 Å². The number of amides is 1. The van der Waals surface area contributed by atoms with Crippen LogP contribution in [0.4, 0.5) is 21.5 Å². The minimum atomic E-state index is -4.55. The summed E-state index contributed by atoms with van der Waals surface area (Å²) in [5.74, 6) is -1.26. The van der Waals surface area contributed by atoms with E-state index in [4.69, 9.17) is 4.74 Å². The Morgan fingerprint density at radius 1 is 1.05 bits per heavy atom. The number of pyridine rings is 1. The summed E-state index contributed by atoms with van der Waals surface area (Å²) in [5, 5.41) is 17.3. The molecule has 2 aromatic heterocycles. The number of piperidine rings is 1. The normalized spacial score (nSPS) is 23.9. The molecule has 2 saturated heterocycles. The Bertz CT molecular complexity index is 2320. The van der Waals surface area contributed by atoms with E-state index in [1.54, 1.807) is 12.3 Å². The number of ether oxygens (including phenoxy) is 1. The maximum Gasteiger partial charge on any atom is 0.268 e. The van der Waals surface area contributed by atoms with Crippen molar-refractivity contribution in [3.63, 3.8) is 0 Å². The van der Waals surface area contributed by atoms with Crippen LogP contribution in [0.3, 0.4) is 0 Å². The third kappa shape index (κ3) is 8.69. The van der Waals surface area contributed by atoms with E-state index in [0.717, 1.165) is 62.6 Å². The number of aromatic nitrogens is 2. The first-order valence-electron chi connectivity index (χ1n) is 21.0. The standard InChI is InChI=1S/C44H56FN7O6S/c1-42(2,3)39-6-5-17-52(39)30-24-44(25-30)14-18-51(19-15-44)37-23-38(58-31-20-29-11-16-46-40(29)48-27-31)33(22-34(37)45)41(53)50-59(56,57)32-7-8-35(36(21-32)49-55)47-26-28-9-12-43(4,54)13-10-28/h7-8,11,16,20-23,27-28,30,39,47,54H,5-6,9-10,12-15,17-19,24-26H2,1-4H3,(H,46,48)(H,50,53). The fraction of sp³-hybridized carbons (Fsp3) is 0.545. The van der Waals surface area contributed by atoms with Crippen molar-refractivity contribution >= 4 is 44.0 Å². The number of halogens is 1. The van der Waals surface area contributed by atoms with E-state index in [-0.39, 0.29) is 50.1 Å². The number of benzene rings is 2. The number of anilines is 2. The third-order valence-electron chi connectivity index (χ3n) is 13.5. The Kier molecular flexibility index (Phi) is 11.0. The van der Waals surface area contributed by atoms with E-state index in [2.05, 4.69) is 50.9 Å². The number of carbonyl (C=O) groups is 1. The molecule has 2 aromatic carbocycles. The zero-order valence-corrected chi connectivity index (χ0v) is 35.2. The lowest BCUT2D eigenvalue weighted by Gasteiger charge is -2.57. The minimum Gasteiger partial charge on any atom is -0.455 e. The zero-order valence-electron chi connectivity index (χ0n) is 34.4. The molecule has 4 aliphatic rings. The van der Waals surface area contributed by atoms with Gasteiger partial charge in [0, 0.05) is 49.4 Å². The van der Waals surface area contributed by atoms with Gasteiger partial charge in [-0.05, 0) is 136 Å². The first kappa shape index (κ1) is 41.1. The zero-order chi connectivity index (χ0) is 41.7. The van der Waals surface area contributed by atoms with Crippen molar-refractivity contribution in [2.45, 2.75) is 114 Å². The van der Waals surface area contributed by atoms with Crippen LogP contribution < -0.4 is 19.7 Å². The fourth-order valence-electron chi connectivity index (χ4n) is 10.0. The second-order valence-electron chi connectivity index (χ2n) is 18.8. The molecule has 2 aliphatic carbocycles. The van der Waals surface area contributed by atoms with Gasteiger partial charge in [-0.1, -0.05) is 20.8 Å². The first-order valence-corrected chi connectivity index (χ1v) is 22.5. The summed E-state index contributed by atoms with van der Waals surface area (Å²) in [6, 6.07) is 11.0. The average Bonchev–Trinajstić information content (AvgIpc) is 3.87. The molecule has 4 aromatic rings. The monoisotopic (exact) mass is 829 g/mol. The maximum absolute atomic E-state index is 16.2. The lowest BCUT2D eigenvalue weighted by atomic mass is 9.59. The van der Waals surface area contributed by atoms with Crippen LogP contribution in [0.25, 0.3) is 11.0 Å². The topological polar surface area (TPSA) is 169 Å². The largest absolute Gasteiger partial charge is 0.455 e. The number of aromatic amines is 1. The lowest BCUT2D eigenvalue weighted by Crippen LogP contribution is -2.57. The molecule has 0 radical (unpaired) electrons. The van der Waals surface area contributed by atoms with E-state index in [1.807, 2.05) is 17.9 Å². The number of nitroso groups, excluding NO2 is 1. The van der Waals surface area contributed by atoms with Gasteiger partial charge in [0.05, 0.1) is 33.6 Å². The quantitative estimate of drug-likeness (QED) is 0.107. The second-order valence-corrected chi connectivity index (χ2v) is 20.5. The lowest BCUT2D eigenvalue weighted by molar-refractivity contribution is -0.0400. The molecular weight excluding hydrogens is 774 g/mol.